The average molecular weight is 403 g/mol. The van der Waals surface area contributed by atoms with Gasteiger partial charge in [0, 0.05) is 13.1 Å². The van der Waals surface area contributed by atoms with Gasteiger partial charge in [0.1, 0.15) is 11.6 Å². The molecule has 1 aromatic heterocycles. The van der Waals surface area contributed by atoms with Crippen LogP contribution in [0.3, 0.4) is 0 Å². The third-order valence-electron chi connectivity index (χ3n) is 4.63. The third-order valence-corrected chi connectivity index (χ3v) is 4.92. The van der Waals surface area contributed by atoms with Crippen LogP contribution < -0.4 is 10.9 Å². The Morgan fingerprint density at radius 1 is 1.25 bits per heavy atom. The van der Waals surface area contributed by atoms with E-state index < -0.39 is 5.82 Å². The van der Waals surface area contributed by atoms with Gasteiger partial charge in [0.05, 0.1) is 27.7 Å². The maximum Gasteiger partial charge on any atom is 0.266 e. The number of rotatable bonds is 7. The minimum absolute atomic E-state index is 0.0304. The van der Waals surface area contributed by atoms with Crippen LogP contribution in [-0.4, -0.2) is 41.6 Å². The number of para-hydroxylation sites is 1. The maximum atomic E-state index is 13.7. The van der Waals surface area contributed by atoms with Gasteiger partial charge in [0.2, 0.25) is 0 Å². The number of nitrogens with one attached hydrogen (secondary N) is 1. The zero-order valence-corrected chi connectivity index (χ0v) is 17.0. The predicted molar refractivity (Wildman–Crippen MR) is 112 cm³/mol. The molecule has 0 saturated carbocycles. The standard InChI is InChI=1S/C21H24ClFN4O/c1-4-18(24-11-12-26(2)3)20-25-19-8-6-5-7-15(19)21(28)27(20)14-9-10-17(23)16(22)13-14/h5-10,13,18,24H,4,11-12H2,1-3H3/t18-/m0/s1. The lowest BCUT2D eigenvalue weighted by Gasteiger charge is -2.22. The Morgan fingerprint density at radius 2 is 2.00 bits per heavy atom. The van der Waals surface area contributed by atoms with E-state index in [2.05, 4.69) is 10.2 Å². The van der Waals surface area contributed by atoms with E-state index >= 15 is 0 Å². The van der Waals surface area contributed by atoms with E-state index in [1.165, 1.54) is 16.7 Å². The van der Waals surface area contributed by atoms with E-state index in [4.69, 9.17) is 16.6 Å². The van der Waals surface area contributed by atoms with Crippen molar-refractivity contribution in [1.82, 2.24) is 19.8 Å². The predicted octanol–water partition coefficient (Wildman–Crippen LogP) is 3.78. The summed E-state index contributed by atoms with van der Waals surface area (Å²) in [6.45, 7) is 3.64. The van der Waals surface area contributed by atoms with Gasteiger partial charge >= 0.3 is 0 Å². The fourth-order valence-electron chi connectivity index (χ4n) is 3.14. The van der Waals surface area contributed by atoms with E-state index in [1.54, 1.807) is 18.2 Å². The summed E-state index contributed by atoms with van der Waals surface area (Å²) < 4.78 is 15.2. The van der Waals surface area contributed by atoms with Crippen LogP contribution in [0.25, 0.3) is 16.6 Å². The van der Waals surface area contributed by atoms with Crippen LogP contribution in [0.2, 0.25) is 5.02 Å². The smallest absolute Gasteiger partial charge is 0.266 e. The summed E-state index contributed by atoms with van der Waals surface area (Å²) in [7, 11) is 4.01. The lowest BCUT2D eigenvalue weighted by atomic mass is 10.1. The van der Waals surface area contributed by atoms with Gasteiger partial charge in [0.25, 0.3) is 5.56 Å². The summed E-state index contributed by atoms with van der Waals surface area (Å²) in [5.74, 6) is 0.0672. The highest BCUT2D eigenvalue weighted by Crippen LogP contribution is 2.23. The van der Waals surface area contributed by atoms with Crippen molar-refractivity contribution in [2.45, 2.75) is 19.4 Å². The maximum absolute atomic E-state index is 13.7. The van der Waals surface area contributed by atoms with Crippen LogP contribution in [0.5, 0.6) is 0 Å². The minimum Gasteiger partial charge on any atom is -0.308 e. The SMILES string of the molecule is CC[C@H](NCCN(C)C)c1nc2ccccc2c(=O)n1-c1ccc(F)c(Cl)c1. The lowest BCUT2D eigenvalue weighted by Crippen LogP contribution is -2.34. The van der Waals surface area contributed by atoms with Crippen LogP contribution in [0.4, 0.5) is 4.39 Å². The van der Waals surface area contributed by atoms with Crippen LogP contribution in [0.1, 0.15) is 25.2 Å². The molecule has 0 aliphatic carbocycles. The molecule has 1 atom stereocenters. The van der Waals surface area contributed by atoms with Crippen molar-refractivity contribution < 1.29 is 4.39 Å². The Bertz CT molecular complexity index is 1030. The molecule has 0 aliphatic heterocycles. The zero-order chi connectivity index (χ0) is 20.3. The number of hydrogen-bond acceptors (Lipinski definition) is 4. The Morgan fingerprint density at radius 3 is 2.68 bits per heavy atom. The first-order chi connectivity index (χ1) is 13.4. The highest BCUT2D eigenvalue weighted by Gasteiger charge is 2.20. The summed E-state index contributed by atoms with van der Waals surface area (Å²) in [6, 6.07) is 11.4. The number of likely N-dealkylation sites (N-methyl/N-ethyl adjacent to an activating group) is 1. The van der Waals surface area contributed by atoms with Crippen LogP contribution >= 0.6 is 11.6 Å². The van der Waals surface area contributed by atoms with Gasteiger partial charge in [-0.15, -0.1) is 0 Å². The zero-order valence-electron chi connectivity index (χ0n) is 16.2. The van der Waals surface area contributed by atoms with Crippen molar-refractivity contribution in [2.75, 3.05) is 27.2 Å². The lowest BCUT2D eigenvalue weighted by molar-refractivity contribution is 0.376. The molecule has 0 fully saturated rings. The molecule has 0 spiro atoms. The molecule has 148 valence electrons. The van der Waals surface area contributed by atoms with Crippen LogP contribution in [0.15, 0.2) is 47.3 Å². The highest BCUT2D eigenvalue weighted by atomic mass is 35.5. The molecule has 0 radical (unpaired) electrons. The van der Waals surface area contributed by atoms with Gasteiger partial charge < -0.3 is 10.2 Å². The van der Waals surface area contributed by atoms with Gasteiger partial charge in [0.15, 0.2) is 0 Å². The summed E-state index contributed by atoms with van der Waals surface area (Å²) in [4.78, 5) is 20.2. The summed E-state index contributed by atoms with van der Waals surface area (Å²) in [5.41, 5.74) is 0.938. The molecule has 0 saturated heterocycles. The molecule has 0 aliphatic rings. The van der Waals surface area contributed by atoms with E-state index in [9.17, 15) is 9.18 Å². The fraction of sp³-hybridized carbons (Fsp3) is 0.333. The van der Waals surface area contributed by atoms with Gasteiger partial charge in [-0.1, -0.05) is 30.7 Å². The van der Waals surface area contributed by atoms with Crippen molar-refractivity contribution in [3.05, 3.63) is 69.5 Å². The first-order valence-electron chi connectivity index (χ1n) is 9.27. The van der Waals surface area contributed by atoms with Gasteiger partial charge in [-0.3, -0.25) is 9.36 Å². The van der Waals surface area contributed by atoms with Crippen LogP contribution in [-0.2, 0) is 0 Å². The Hall–Kier alpha value is -2.28. The normalized spacial score (nSPS) is 12.6. The molecule has 2 aromatic carbocycles. The molecule has 0 bridgehead atoms. The largest absolute Gasteiger partial charge is 0.308 e. The second kappa shape index (κ2) is 8.82. The Kier molecular flexibility index (Phi) is 6.44. The number of halogens is 2. The highest BCUT2D eigenvalue weighted by molar-refractivity contribution is 6.30. The number of nitrogens with zero attached hydrogens (tertiary/aromatic N) is 3. The number of aromatic nitrogens is 2. The van der Waals surface area contributed by atoms with Crippen LogP contribution in [0, 0.1) is 5.82 Å². The molecule has 1 heterocycles. The van der Waals surface area contributed by atoms with Gasteiger partial charge in [-0.05, 0) is 50.8 Å². The topological polar surface area (TPSA) is 50.2 Å². The first kappa shape index (κ1) is 20.5. The quantitative estimate of drug-likeness (QED) is 0.653. The molecular weight excluding hydrogens is 379 g/mol. The molecule has 3 rings (SSSR count). The molecule has 0 amide bonds. The summed E-state index contributed by atoms with van der Waals surface area (Å²) >= 11 is 5.99. The van der Waals surface area contributed by atoms with Gasteiger partial charge in [-0.2, -0.15) is 0 Å². The molecule has 3 aromatic rings. The van der Waals surface area contributed by atoms with E-state index in [1.807, 2.05) is 33.2 Å². The van der Waals surface area contributed by atoms with Crippen molar-refractivity contribution in [2.24, 2.45) is 0 Å². The second-order valence-corrected chi connectivity index (χ2v) is 7.35. The second-order valence-electron chi connectivity index (χ2n) is 6.94. The third kappa shape index (κ3) is 4.24. The van der Waals surface area contributed by atoms with E-state index in [0.29, 0.717) is 22.4 Å². The van der Waals surface area contributed by atoms with Crippen molar-refractivity contribution in [1.29, 1.82) is 0 Å². The molecule has 5 nitrogen and oxygen atoms in total. The van der Waals surface area contributed by atoms with Crippen molar-refractivity contribution in [3.63, 3.8) is 0 Å². The summed E-state index contributed by atoms with van der Waals surface area (Å²) in [5, 5.41) is 3.95. The van der Waals surface area contributed by atoms with E-state index in [-0.39, 0.29) is 16.6 Å². The molecular formula is C21H24ClFN4O. The monoisotopic (exact) mass is 402 g/mol. The van der Waals surface area contributed by atoms with Crippen molar-refractivity contribution in [3.8, 4) is 5.69 Å². The molecule has 0 unspecified atom stereocenters. The molecule has 28 heavy (non-hydrogen) atoms. The molecule has 1 N–H and O–H groups in total. The summed E-state index contributed by atoms with van der Waals surface area (Å²) in [6.07, 6.45) is 0.743. The fourth-order valence-corrected chi connectivity index (χ4v) is 3.31. The molecule has 7 heteroatoms. The van der Waals surface area contributed by atoms with E-state index in [0.717, 1.165) is 19.5 Å². The number of hydrogen-bond donors (Lipinski definition) is 1. The first-order valence-corrected chi connectivity index (χ1v) is 9.65. The average Bonchev–Trinajstić information content (AvgIpc) is 2.67. The van der Waals surface area contributed by atoms with Crippen molar-refractivity contribution >= 4 is 22.5 Å². The Labute approximate surface area is 168 Å². The minimum atomic E-state index is -0.523. The number of fused-ring (bicyclic) bond motifs is 1. The Balaban J connectivity index is 2.18. The van der Waals surface area contributed by atoms with Gasteiger partial charge in [-0.25, -0.2) is 9.37 Å². The number of benzene rings is 2.